The van der Waals surface area contributed by atoms with E-state index >= 15 is 0 Å². The van der Waals surface area contributed by atoms with Crippen LogP contribution in [0.4, 0.5) is 6.01 Å². The van der Waals surface area contributed by atoms with Crippen LogP contribution in [-0.2, 0) is 25.8 Å². The average molecular weight is 513 g/mol. The van der Waals surface area contributed by atoms with E-state index in [0.29, 0.717) is 16.9 Å². The first-order valence-electron chi connectivity index (χ1n) is 10.6. The van der Waals surface area contributed by atoms with Gasteiger partial charge >= 0.3 is 6.01 Å². The largest absolute Gasteiger partial charge is 0.543 e. The van der Waals surface area contributed by atoms with E-state index in [1.807, 2.05) is 19.1 Å². The van der Waals surface area contributed by atoms with Gasteiger partial charge in [-0.3, -0.25) is 14.5 Å². The summed E-state index contributed by atoms with van der Waals surface area (Å²) in [5, 5.41) is 22.0. The van der Waals surface area contributed by atoms with Crippen LogP contribution in [0.3, 0.4) is 0 Å². The second-order valence-corrected chi connectivity index (χ2v) is 9.08. The predicted molar refractivity (Wildman–Crippen MR) is 120 cm³/mol. The molecule has 0 bridgehead atoms. The molecule has 3 N–H and O–H groups in total. The summed E-state index contributed by atoms with van der Waals surface area (Å²) in [7, 11) is 1.21. The van der Waals surface area contributed by atoms with Gasteiger partial charge in [0.15, 0.2) is 18.3 Å². The lowest BCUT2D eigenvalue weighted by molar-refractivity contribution is -0.688. The third-order valence-electron chi connectivity index (χ3n) is 5.59. The highest BCUT2D eigenvalue weighted by molar-refractivity contribution is 8.00. The lowest BCUT2D eigenvalue weighted by Gasteiger charge is -2.50. The zero-order valence-electron chi connectivity index (χ0n) is 19.0. The number of aliphatic carboxylic acids is 1. The molecule has 5 rings (SSSR count). The number of rotatable bonds is 7. The Bertz CT molecular complexity index is 1460. The van der Waals surface area contributed by atoms with Gasteiger partial charge in [0.05, 0.1) is 11.7 Å². The van der Waals surface area contributed by atoms with Crippen molar-refractivity contribution in [3.63, 3.8) is 0 Å². The first-order chi connectivity index (χ1) is 17.3. The number of nitrogens with two attached hydrogens (primary N) is 1. The molecule has 3 aromatic heterocycles. The van der Waals surface area contributed by atoms with E-state index in [0.717, 1.165) is 16.0 Å². The number of fused-ring (bicyclic) bond motifs is 2. The zero-order valence-corrected chi connectivity index (χ0v) is 19.8. The molecule has 3 aromatic rings. The molecule has 0 saturated carbocycles. The summed E-state index contributed by atoms with van der Waals surface area (Å²) in [6.07, 6.45) is 3.57. The van der Waals surface area contributed by atoms with Crippen LogP contribution in [0, 0.1) is 6.92 Å². The molecular formula is C21H19N7O7S. The standard InChI is InChI=1S/C21H19N7O7S/c1-9-5-10-3-4-27(7-12(10)34-9)6-11-8-36-19-14(18(30)28(19)15(11)20(31)32)23-17(29)13(25-33-2)16-24-21(22)35-26-16/h3-5,7,14,19H,6,8H2,1-2H3,(H3-,22,23,24,26,29,31,32)/b25-13+. The highest BCUT2D eigenvalue weighted by atomic mass is 32.2. The fraction of sp³-hybridized carbons (Fsp3) is 0.286. The number of carboxylic acids is 1. The minimum absolute atomic E-state index is 0.212. The van der Waals surface area contributed by atoms with Crippen LogP contribution in [0.25, 0.3) is 11.0 Å². The number of oxime groups is 1. The van der Waals surface area contributed by atoms with Crippen LogP contribution >= 0.6 is 11.8 Å². The van der Waals surface area contributed by atoms with Crippen molar-refractivity contribution in [2.75, 3.05) is 18.6 Å². The summed E-state index contributed by atoms with van der Waals surface area (Å²) in [5.41, 5.74) is 5.97. The summed E-state index contributed by atoms with van der Waals surface area (Å²) in [6, 6.07) is 2.46. The molecular weight excluding hydrogens is 494 g/mol. The number of carbonyl (C=O) groups excluding carboxylic acids is 3. The Morgan fingerprint density at radius 1 is 1.47 bits per heavy atom. The Morgan fingerprint density at radius 2 is 2.28 bits per heavy atom. The van der Waals surface area contributed by atoms with Crippen molar-refractivity contribution in [1.82, 2.24) is 20.4 Å². The Labute approximate surface area is 206 Å². The number of hydrogen-bond donors (Lipinski definition) is 2. The average Bonchev–Trinajstić information content (AvgIpc) is 3.44. The number of aromatic nitrogens is 3. The fourth-order valence-corrected chi connectivity index (χ4v) is 5.42. The van der Waals surface area contributed by atoms with Gasteiger partial charge in [-0.15, -0.1) is 11.8 Å². The van der Waals surface area contributed by atoms with Crippen molar-refractivity contribution in [1.29, 1.82) is 0 Å². The minimum Gasteiger partial charge on any atom is -0.543 e. The van der Waals surface area contributed by atoms with Crippen molar-refractivity contribution in [2.45, 2.75) is 24.9 Å². The quantitative estimate of drug-likeness (QED) is 0.161. The molecule has 5 heterocycles. The Morgan fingerprint density at radius 3 is 2.97 bits per heavy atom. The van der Waals surface area contributed by atoms with Gasteiger partial charge in [-0.25, -0.2) is 0 Å². The number of amides is 2. The number of nitrogens with zero attached hydrogens (tertiary/aromatic N) is 5. The summed E-state index contributed by atoms with van der Waals surface area (Å²) < 4.78 is 12.1. The number of β-lactam (4-membered cyclic amide) rings is 1. The first-order valence-corrected chi connectivity index (χ1v) is 11.6. The highest BCUT2D eigenvalue weighted by Crippen LogP contribution is 2.40. The van der Waals surface area contributed by atoms with Gasteiger partial charge in [0.25, 0.3) is 11.8 Å². The SMILES string of the molecule is CO/N=C(/C(=O)NC1C(=O)N2C(C(=O)[O-])=C(C[n+]3ccc4cc(C)oc4c3)CSC12)c1noc(N)n1. The number of hydrogen-bond acceptors (Lipinski definition) is 12. The summed E-state index contributed by atoms with van der Waals surface area (Å²) >= 11 is 1.31. The number of pyridine rings is 1. The van der Waals surface area contributed by atoms with E-state index in [1.165, 1.54) is 18.9 Å². The molecule has 1 saturated heterocycles. The third-order valence-corrected chi connectivity index (χ3v) is 6.93. The van der Waals surface area contributed by atoms with Crippen molar-refractivity contribution >= 4 is 52.2 Å². The molecule has 2 unspecified atom stereocenters. The fourth-order valence-electron chi connectivity index (χ4n) is 4.08. The van der Waals surface area contributed by atoms with Crippen LogP contribution in [0.5, 0.6) is 0 Å². The monoisotopic (exact) mass is 513 g/mol. The Balaban J connectivity index is 1.36. The molecule has 186 valence electrons. The van der Waals surface area contributed by atoms with E-state index < -0.39 is 29.2 Å². The van der Waals surface area contributed by atoms with Crippen LogP contribution < -0.4 is 20.7 Å². The number of furan rings is 1. The maximum atomic E-state index is 13.0. The van der Waals surface area contributed by atoms with Crippen LogP contribution in [0.15, 0.2) is 49.9 Å². The molecule has 14 nitrogen and oxygen atoms in total. The highest BCUT2D eigenvalue weighted by Gasteiger charge is 2.53. The topological polar surface area (TPSA) is 193 Å². The molecule has 15 heteroatoms. The van der Waals surface area contributed by atoms with Crippen molar-refractivity contribution in [2.24, 2.45) is 5.16 Å². The maximum Gasteiger partial charge on any atom is 0.319 e. The second kappa shape index (κ2) is 8.99. The normalized spacial score (nSPS) is 19.8. The molecule has 0 aliphatic carbocycles. The van der Waals surface area contributed by atoms with E-state index in [4.69, 9.17) is 10.2 Å². The van der Waals surface area contributed by atoms with Crippen LogP contribution in [0.1, 0.15) is 11.6 Å². The van der Waals surface area contributed by atoms with Crippen molar-refractivity contribution in [3.05, 3.63) is 47.4 Å². The Kier molecular flexibility index (Phi) is 5.83. The van der Waals surface area contributed by atoms with Gasteiger partial charge < -0.3 is 34.7 Å². The van der Waals surface area contributed by atoms with Gasteiger partial charge in [0.2, 0.25) is 17.7 Å². The smallest absolute Gasteiger partial charge is 0.319 e. The third kappa shape index (κ3) is 4.02. The van der Waals surface area contributed by atoms with Crippen molar-refractivity contribution in [3.8, 4) is 0 Å². The zero-order chi connectivity index (χ0) is 25.6. The number of carboxylic acid groups (broad SMARTS) is 1. The minimum atomic E-state index is -1.48. The molecule has 2 atom stereocenters. The summed E-state index contributed by atoms with van der Waals surface area (Å²) in [6.45, 7) is 2.05. The molecule has 2 aliphatic heterocycles. The number of aryl methyl sites for hydroxylation is 1. The number of anilines is 1. The van der Waals surface area contributed by atoms with Gasteiger partial charge in [0.1, 0.15) is 24.3 Å². The number of nitrogens with one attached hydrogen (secondary N) is 1. The molecule has 1 fully saturated rings. The van der Waals surface area contributed by atoms with Crippen LogP contribution in [-0.4, -0.2) is 62.8 Å². The number of carbonyl (C=O) groups is 3. The van der Waals surface area contributed by atoms with E-state index in [9.17, 15) is 19.5 Å². The van der Waals surface area contributed by atoms with E-state index in [1.54, 1.807) is 17.0 Å². The van der Waals surface area contributed by atoms with Gasteiger partial charge in [0, 0.05) is 22.8 Å². The lowest BCUT2D eigenvalue weighted by atomic mass is 10.0. The molecule has 2 aliphatic rings. The van der Waals surface area contributed by atoms with Crippen LogP contribution in [0.2, 0.25) is 0 Å². The predicted octanol–water partition coefficient (Wildman–Crippen LogP) is -1.55. The van der Waals surface area contributed by atoms with Crippen molar-refractivity contribution < 1.29 is 37.8 Å². The lowest BCUT2D eigenvalue weighted by Crippen LogP contribution is -2.71. The molecule has 36 heavy (non-hydrogen) atoms. The van der Waals surface area contributed by atoms with E-state index in [-0.39, 0.29) is 29.8 Å². The van der Waals surface area contributed by atoms with E-state index in [2.05, 4.69) is 30.0 Å². The molecule has 2 amide bonds. The number of thioether (sulfide) groups is 1. The summed E-state index contributed by atoms with van der Waals surface area (Å²) in [5.74, 6) is -2.08. The molecule has 0 spiro atoms. The van der Waals surface area contributed by atoms with Gasteiger partial charge in [-0.05, 0) is 13.0 Å². The summed E-state index contributed by atoms with van der Waals surface area (Å²) in [4.78, 5) is 47.3. The first kappa shape index (κ1) is 23.3. The number of nitrogen functional groups attached to an aromatic ring is 1. The van der Waals surface area contributed by atoms with Gasteiger partial charge in [-0.2, -0.15) is 9.55 Å². The molecule has 0 radical (unpaired) electrons. The molecule has 0 aromatic carbocycles. The maximum absolute atomic E-state index is 13.0. The van der Waals surface area contributed by atoms with Gasteiger partial charge in [-0.1, -0.05) is 10.3 Å². The second-order valence-electron chi connectivity index (χ2n) is 7.97. The Hall–Kier alpha value is -4.40.